The van der Waals surface area contributed by atoms with Crippen molar-refractivity contribution < 1.29 is 14.7 Å². The molecule has 2 N–H and O–H groups in total. The van der Waals surface area contributed by atoms with Crippen LogP contribution in [0.5, 0.6) is 0 Å². The molecule has 0 aliphatic carbocycles. The van der Waals surface area contributed by atoms with Crippen LogP contribution in [0.4, 0.5) is 0 Å². The SMILES string of the molecule is Cc1ccccc1CCNC(=O)CN1CCCCC1C(=O)O.Cl. The van der Waals surface area contributed by atoms with Crippen LogP contribution in [0.25, 0.3) is 0 Å². The van der Waals surface area contributed by atoms with Crippen molar-refractivity contribution >= 4 is 24.3 Å². The Morgan fingerprint density at radius 3 is 2.74 bits per heavy atom. The van der Waals surface area contributed by atoms with Gasteiger partial charge in [0.2, 0.25) is 5.91 Å². The molecule has 0 bridgehead atoms. The second-order valence-corrected chi connectivity index (χ2v) is 5.85. The summed E-state index contributed by atoms with van der Waals surface area (Å²) < 4.78 is 0. The number of nitrogens with zero attached hydrogens (tertiary/aromatic N) is 1. The van der Waals surface area contributed by atoms with Crippen molar-refractivity contribution in [1.29, 1.82) is 0 Å². The Morgan fingerprint density at radius 2 is 2.04 bits per heavy atom. The Kier molecular flexibility index (Phi) is 8.06. The number of rotatable bonds is 6. The van der Waals surface area contributed by atoms with E-state index in [0.29, 0.717) is 19.5 Å². The van der Waals surface area contributed by atoms with E-state index < -0.39 is 12.0 Å². The fourth-order valence-corrected chi connectivity index (χ4v) is 2.93. The first kappa shape index (κ1) is 19.5. The topological polar surface area (TPSA) is 69.6 Å². The molecule has 128 valence electrons. The predicted molar refractivity (Wildman–Crippen MR) is 92.0 cm³/mol. The van der Waals surface area contributed by atoms with E-state index in [1.54, 1.807) is 4.90 Å². The lowest BCUT2D eigenvalue weighted by Gasteiger charge is -2.32. The molecule has 1 aliphatic heterocycles. The highest BCUT2D eigenvalue weighted by Gasteiger charge is 2.29. The lowest BCUT2D eigenvalue weighted by atomic mass is 10.0. The van der Waals surface area contributed by atoms with E-state index in [1.165, 1.54) is 11.1 Å². The first-order chi connectivity index (χ1) is 10.6. The third kappa shape index (κ3) is 5.84. The predicted octanol–water partition coefficient (Wildman–Crippen LogP) is 2.01. The van der Waals surface area contributed by atoms with Gasteiger partial charge in [0.15, 0.2) is 0 Å². The van der Waals surface area contributed by atoms with Crippen molar-refractivity contribution in [1.82, 2.24) is 10.2 Å². The molecule has 1 heterocycles. The number of hydrogen-bond acceptors (Lipinski definition) is 3. The number of halogens is 1. The van der Waals surface area contributed by atoms with Crippen LogP contribution in [0.3, 0.4) is 0 Å². The number of hydrogen-bond donors (Lipinski definition) is 2. The number of piperidine rings is 1. The van der Waals surface area contributed by atoms with Crippen molar-refractivity contribution in [2.24, 2.45) is 0 Å². The minimum atomic E-state index is -0.826. The number of amides is 1. The van der Waals surface area contributed by atoms with Crippen molar-refractivity contribution in [2.45, 2.75) is 38.6 Å². The second kappa shape index (κ2) is 9.53. The molecule has 1 atom stereocenters. The normalized spacial score (nSPS) is 18.0. The van der Waals surface area contributed by atoms with Crippen LogP contribution < -0.4 is 5.32 Å². The quantitative estimate of drug-likeness (QED) is 0.831. The number of carbonyl (C=O) groups excluding carboxylic acids is 1. The van der Waals surface area contributed by atoms with Gasteiger partial charge in [0.1, 0.15) is 6.04 Å². The van der Waals surface area contributed by atoms with Crippen LogP contribution in [0.1, 0.15) is 30.4 Å². The van der Waals surface area contributed by atoms with E-state index in [2.05, 4.69) is 24.4 Å². The number of aryl methyl sites for hydroxylation is 1. The molecular formula is C17H25ClN2O3. The maximum Gasteiger partial charge on any atom is 0.320 e. The van der Waals surface area contributed by atoms with E-state index in [0.717, 1.165) is 19.3 Å². The van der Waals surface area contributed by atoms with E-state index in [9.17, 15) is 14.7 Å². The van der Waals surface area contributed by atoms with Crippen molar-refractivity contribution in [3.05, 3.63) is 35.4 Å². The molecule has 0 spiro atoms. The van der Waals surface area contributed by atoms with Crippen LogP contribution in [0.15, 0.2) is 24.3 Å². The summed E-state index contributed by atoms with van der Waals surface area (Å²) in [5.74, 6) is -0.922. The van der Waals surface area contributed by atoms with Gasteiger partial charge in [0, 0.05) is 6.54 Å². The number of carboxylic acid groups (broad SMARTS) is 1. The second-order valence-electron chi connectivity index (χ2n) is 5.85. The highest BCUT2D eigenvalue weighted by molar-refractivity contribution is 5.85. The van der Waals surface area contributed by atoms with Crippen LogP contribution in [0.2, 0.25) is 0 Å². The van der Waals surface area contributed by atoms with Crippen molar-refractivity contribution in [3.63, 3.8) is 0 Å². The summed E-state index contributed by atoms with van der Waals surface area (Å²) in [5.41, 5.74) is 2.45. The van der Waals surface area contributed by atoms with E-state index in [-0.39, 0.29) is 24.9 Å². The summed E-state index contributed by atoms with van der Waals surface area (Å²) in [6.07, 6.45) is 3.30. The summed E-state index contributed by atoms with van der Waals surface area (Å²) in [6, 6.07) is 7.60. The highest BCUT2D eigenvalue weighted by atomic mass is 35.5. The fraction of sp³-hybridized carbons (Fsp3) is 0.529. The summed E-state index contributed by atoms with van der Waals surface area (Å²) >= 11 is 0. The zero-order valence-electron chi connectivity index (χ0n) is 13.5. The zero-order chi connectivity index (χ0) is 15.9. The minimum absolute atomic E-state index is 0. The van der Waals surface area contributed by atoms with Gasteiger partial charge in [-0.05, 0) is 43.9 Å². The maximum absolute atomic E-state index is 12.0. The van der Waals surface area contributed by atoms with Gasteiger partial charge in [-0.3, -0.25) is 14.5 Å². The highest BCUT2D eigenvalue weighted by Crippen LogP contribution is 2.16. The summed E-state index contributed by atoms with van der Waals surface area (Å²) in [6.45, 7) is 3.49. The molecule has 0 aromatic heterocycles. The number of carboxylic acids is 1. The molecule has 1 aromatic rings. The smallest absolute Gasteiger partial charge is 0.320 e. The zero-order valence-corrected chi connectivity index (χ0v) is 14.3. The number of nitrogens with one attached hydrogen (secondary N) is 1. The van der Waals surface area contributed by atoms with Crippen LogP contribution in [-0.4, -0.2) is 47.6 Å². The van der Waals surface area contributed by atoms with Crippen LogP contribution >= 0.6 is 12.4 Å². The van der Waals surface area contributed by atoms with E-state index >= 15 is 0 Å². The Morgan fingerprint density at radius 1 is 1.30 bits per heavy atom. The standard InChI is InChI=1S/C17H24N2O3.ClH/c1-13-6-2-3-7-14(13)9-10-18-16(20)12-19-11-5-4-8-15(19)17(21)22;/h2-3,6-7,15H,4-5,8-12H2,1H3,(H,18,20)(H,21,22);1H. The van der Waals surface area contributed by atoms with Gasteiger partial charge in [-0.1, -0.05) is 30.7 Å². The molecule has 1 aromatic carbocycles. The average molecular weight is 341 g/mol. The molecule has 0 radical (unpaired) electrons. The Labute approximate surface area is 143 Å². The first-order valence-corrected chi connectivity index (χ1v) is 7.86. The lowest BCUT2D eigenvalue weighted by molar-refractivity contribution is -0.145. The van der Waals surface area contributed by atoms with Gasteiger partial charge < -0.3 is 10.4 Å². The molecule has 0 saturated carbocycles. The monoisotopic (exact) mass is 340 g/mol. The molecular weight excluding hydrogens is 316 g/mol. The van der Waals surface area contributed by atoms with Crippen molar-refractivity contribution in [3.8, 4) is 0 Å². The Balaban J connectivity index is 0.00000264. The largest absolute Gasteiger partial charge is 0.480 e. The Bertz CT molecular complexity index is 536. The van der Waals surface area contributed by atoms with Gasteiger partial charge >= 0.3 is 5.97 Å². The molecule has 1 aliphatic rings. The van der Waals surface area contributed by atoms with Crippen molar-refractivity contribution in [2.75, 3.05) is 19.6 Å². The average Bonchev–Trinajstić information content (AvgIpc) is 2.49. The summed E-state index contributed by atoms with van der Waals surface area (Å²) in [5, 5.41) is 12.1. The molecule has 1 fully saturated rings. The molecule has 6 heteroatoms. The van der Waals surface area contributed by atoms with Crippen LogP contribution in [-0.2, 0) is 16.0 Å². The maximum atomic E-state index is 12.0. The summed E-state index contributed by atoms with van der Waals surface area (Å²) in [4.78, 5) is 25.0. The molecule has 2 rings (SSSR count). The van der Waals surface area contributed by atoms with Gasteiger partial charge in [0.25, 0.3) is 0 Å². The van der Waals surface area contributed by atoms with Gasteiger partial charge in [0.05, 0.1) is 6.54 Å². The third-order valence-corrected chi connectivity index (χ3v) is 4.22. The molecule has 23 heavy (non-hydrogen) atoms. The molecule has 1 saturated heterocycles. The van der Waals surface area contributed by atoms with Gasteiger partial charge in [-0.25, -0.2) is 0 Å². The number of aliphatic carboxylic acids is 1. The third-order valence-electron chi connectivity index (χ3n) is 4.22. The molecule has 1 unspecified atom stereocenters. The van der Waals surface area contributed by atoms with E-state index in [1.807, 2.05) is 12.1 Å². The number of likely N-dealkylation sites (tertiary alicyclic amines) is 1. The van der Waals surface area contributed by atoms with Crippen LogP contribution in [0, 0.1) is 6.92 Å². The minimum Gasteiger partial charge on any atom is -0.480 e. The molecule has 1 amide bonds. The Hall–Kier alpha value is -1.59. The van der Waals surface area contributed by atoms with Gasteiger partial charge in [-0.2, -0.15) is 0 Å². The molecule has 5 nitrogen and oxygen atoms in total. The van der Waals surface area contributed by atoms with E-state index in [4.69, 9.17) is 0 Å². The van der Waals surface area contributed by atoms with Gasteiger partial charge in [-0.15, -0.1) is 12.4 Å². The summed E-state index contributed by atoms with van der Waals surface area (Å²) in [7, 11) is 0. The number of carbonyl (C=O) groups is 2. The first-order valence-electron chi connectivity index (χ1n) is 7.86. The fourth-order valence-electron chi connectivity index (χ4n) is 2.93. The lowest BCUT2D eigenvalue weighted by Crippen LogP contribution is -2.49. The number of benzene rings is 1.